The van der Waals surface area contributed by atoms with Gasteiger partial charge in [0.2, 0.25) is 0 Å². The average Bonchev–Trinajstić information content (AvgIpc) is 2.26. The predicted molar refractivity (Wildman–Crippen MR) is 64.3 cm³/mol. The molecule has 1 heterocycles. The van der Waals surface area contributed by atoms with Crippen molar-refractivity contribution in [3.8, 4) is 17.2 Å². The van der Waals surface area contributed by atoms with Crippen molar-refractivity contribution in [2.45, 2.75) is 0 Å². The number of phenols is 1. The normalized spacial score (nSPS) is 10.4. The van der Waals surface area contributed by atoms with E-state index in [9.17, 15) is 9.90 Å². The molecule has 0 atom stereocenters. The molecule has 0 amide bonds. The van der Waals surface area contributed by atoms with Gasteiger partial charge in [-0.15, -0.1) is 0 Å². The molecule has 1 radical (unpaired) electrons. The van der Waals surface area contributed by atoms with Crippen LogP contribution in [0.4, 0.5) is 0 Å². The van der Waals surface area contributed by atoms with Crippen LogP contribution in [0.1, 0.15) is 0 Å². The van der Waals surface area contributed by atoms with Gasteiger partial charge in [-0.1, -0.05) is 0 Å². The Hall–Kier alpha value is -1.36. The zero-order valence-corrected chi connectivity index (χ0v) is 11.2. The minimum absolute atomic E-state index is 0. The fourth-order valence-corrected chi connectivity index (χ4v) is 1.59. The van der Waals surface area contributed by atoms with Crippen LogP contribution in [-0.2, 0) is 0 Å². The van der Waals surface area contributed by atoms with E-state index >= 15 is 0 Å². The van der Waals surface area contributed by atoms with Gasteiger partial charge in [-0.25, -0.2) is 4.98 Å². The first-order valence-electron chi connectivity index (χ1n) is 4.76. The van der Waals surface area contributed by atoms with E-state index in [1.54, 1.807) is 18.2 Å². The quantitative estimate of drug-likeness (QED) is 0.476. The predicted octanol–water partition coefficient (Wildman–Crippen LogP) is 1.62. The topological polar surface area (TPSA) is 63.3 Å². The van der Waals surface area contributed by atoms with Gasteiger partial charge in [0, 0.05) is 41.7 Å². The van der Waals surface area contributed by atoms with Gasteiger partial charge in [0.1, 0.15) is 17.0 Å². The van der Waals surface area contributed by atoms with E-state index in [-0.39, 0.29) is 40.7 Å². The van der Waals surface area contributed by atoms with Gasteiger partial charge >= 0.3 is 0 Å². The Kier molecular flexibility index (Phi) is 3.19. The van der Waals surface area contributed by atoms with E-state index in [0.29, 0.717) is 22.6 Å². The van der Waals surface area contributed by atoms with Crippen LogP contribution in [0, 0.1) is 0 Å². The monoisotopic (exact) mass is 236 g/mol. The van der Waals surface area contributed by atoms with Gasteiger partial charge in [-0.05, 0) is 24.3 Å². The Morgan fingerprint density at radius 2 is 1.94 bits per heavy atom. The third-order valence-corrected chi connectivity index (χ3v) is 2.34. The molecule has 0 saturated heterocycles. The summed E-state index contributed by atoms with van der Waals surface area (Å²) in [5.41, 5.74) is 1.59. The van der Waals surface area contributed by atoms with Crippen LogP contribution in [-0.4, -0.2) is 39.6 Å². The number of hydrogen-bond donors (Lipinski definition) is 1. The molecule has 0 spiro atoms. The van der Waals surface area contributed by atoms with Gasteiger partial charge < -0.3 is 9.52 Å². The van der Waals surface area contributed by atoms with Gasteiger partial charge in [0.15, 0.2) is 16.8 Å². The van der Waals surface area contributed by atoms with Crippen LogP contribution in [0.25, 0.3) is 22.6 Å². The fraction of sp³-hybridized carbons (Fsp3) is 0. The maximum absolute atomic E-state index is 11.1. The van der Waals surface area contributed by atoms with E-state index in [4.69, 9.17) is 4.42 Å². The molecule has 0 bridgehead atoms. The Balaban J connectivity index is 0.00000108. The van der Waals surface area contributed by atoms with Crippen LogP contribution in [0.3, 0.4) is 0 Å². The second kappa shape index (κ2) is 4.49. The van der Waals surface area contributed by atoms with Crippen molar-refractivity contribution < 1.29 is 9.52 Å². The summed E-state index contributed by atoms with van der Waals surface area (Å²) in [5.74, 6) is 0.529. The zero-order valence-electron chi connectivity index (χ0n) is 9.18. The third kappa shape index (κ3) is 2.20. The van der Waals surface area contributed by atoms with Crippen LogP contribution in [0.15, 0.2) is 45.6 Å². The molecule has 3 rings (SSSR count). The molecule has 2 aliphatic rings. The number of rotatable bonds is 0. The SMILES string of the molecule is O=c1ccc2nc3ccc(O)cc3oc-2c1.[Na]. The number of nitrogens with zero attached hydrogens (tertiary/aromatic N) is 1. The molecular weight excluding hydrogens is 229 g/mol. The summed E-state index contributed by atoms with van der Waals surface area (Å²) in [7, 11) is 0. The van der Waals surface area contributed by atoms with Crippen molar-refractivity contribution in [1.82, 2.24) is 4.98 Å². The molecule has 0 fully saturated rings. The fourth-order valence-electron chi connectivity index (χ4n) is 1.59. The molecule has 0 unspecified atom stereocenters. The number of phenolic OH excluding ortho intramolecular Hbond substituents is 1. The zero-order chi connectivity index (χ0) is 11.1. The maximum atomic E-state index is 11.1. The molecule has 1 aliphatic carbocycles. The minimum Gasteiger partial charge on any atom is -0.508 e. The van der Waals surface area contributed by atoms with E-state index in [2.05, 4.69) is 4.98 Å². The Bertz CT molecular complexity index is 708. The summed E-state index contributed by atoms with van der Waals surface area (Å²) in [6.07, 6.45) is 0. The smallest absolute Gasteiger partial charge is 0.182 e. The molecule has 0 aromatic heterocycles. The van der Waals surface area contributed by atoms with Crippen molar-refractivity contribution in [3.05, 3.63) is 46.6 Å². The number of aromatic hydroxyl groups is 1. The molecular formula is C12H7NNaO3. The van der Waals surface area contributed by atoms with Crippen molar-refractivity contribution in [2.75, 3.05) is 0 Å². The molecule has 1 aromatic carbocycles. The molecule has 4 nitrogen and oxygen atoms in total. The number of fused-ring (bicyclic) bond motifs is 2. The Morgan fingerprint density at radius 1 is 1.12 bits per heavy atom. The van der Waals surface area contributed by atoms with E-state index < -0.39 is 0 Å². The van der Waals surface area contributed by atoms with Gasteiger partial charge in [-0.3, -0.25) is 4.79 Å². The molecule has 5 heteroatoms. The van der Waals surface area contributed by atoms with E-state index in [1.807, 2.05) is 0 Å². The van der Waals surface area contributed by atoms with Crippen molar-refractivity contribution in [2.24, 2.45) is 0 Å². The summed E-state index contributed by atoms with van der Waals surface area (Å²) in [6, 6.07) is 9.12. The first-order valence-corrected chi connectivity index (χ1v) is 4.76. The van der Waals surface area contributed by atoms with E-state index in [0.717, 1.165) is 0 Å². The largest absolute Gasteiger partial charge is 0.508 e. The molecule has 1 aliphatic heterocycles. The van der Waals surface area contributed by atoms with E-state index in [1.165, 1.54) is 18.2 Å². The average molecular weight is 236 g/mol. The van der Waals surface area contributed by atoms with Gasteiger partial charge in [0.05, 0.1) is 0 Å². The Morgan fingerprint density at radius 3 is 2.76 bits per heavy atom. The van der Waals surface area contributed by atoms with Crippen molar-refractivity contribution in [1.29, 1.82) is 0 Å². The second-order valence-electron chi connectivity index (χ2n) is 3.50. The molecule has 1 N–H and O–H groups in total. The van der Waals surface area contributed by atoms with Crippen molar-refractivity contribution >= 4 is 40.7 Å². The second-order valence-corrected chi connectivity index (χ2v) is 3.50. The summed E-state index contributed by atoms with van der Waals surface area (Å²) in [6.45, 7) is 0. The molecule has 79 valence electrons. The summed E-state index contributed by atoms with van der Waals surface area (Å²) in [5, 5.41) is 9.31. The standard InChI is InChI=1S/C12H7NO3.Na/c14-7-1-3-9-11(5-7)16-12-6-8(15)2-4-10(12)13-9;/h1-6,14H;. The van der Waals surface area contributed by atoms with Crippen LogP contribution < -0.4 is 5.43 Å². The number of aromatic nitrogens is 1. The molecule has 17 heavy (non-hydrogen) atoms. The molecule has 1 aromatic rings. The summed E-state index contributed by atoms with van der Waals surface area (Å²) < 4.78 is 5.49. The van der Waals surface area contributed by atoms with Crippen LogP contribution in [0.2, 0.25) is 0 Å². The number of hydrogen-bond acceptors (Lipinski definition) is 4. The maximum Gasteiger partial charge on any atom is 0.182 e. The first-order chi connectivity index (χ1) is 7.72. The Labute approximate surface area is 119 Å². The van der Waals surface area contributed by atoms with Gasteiger partial charge in [0.25, 0.3) is 0 Å². The number of benzene rings is 2. The van der Waals surface area contributed by atoms with Crippen molar-refractivity contribution in [3.63, 3.8) is 0 Å². The van der Waals surface area contributed by atoms with Crippen LogP contribution in [0.5, 0.6) is 5.75 Å². The summed E-state index contributed by atoms with van der Waals surface area (Å²) in [4.78, 5) is 15.5. The van der Waals surface area contributed by atoms with Gasteiger partial charge in [-0.2, -0.15) is 0 Å². The molecule has 0 saturated carbocycles. The minimum atomic E-state index is -0.127. The van der Waals surface area contributed by atoms with Crippen LogP contribution >= 0.6 is 0 Å². The summed E-state index contributed by atoms with van der Waals surface area (Å²) >= 11 is 0. The third-order valence-electron chi connectivity index (χ3n) is 2.34. The first kappa shape index (κ1) is 12.1.